The maximum atomic E-state index is 12.4. The number of methoxy groups -OCH3 is 1. The molecule has 2 aromatic rings. The van der Waals surface area contributed by atoms with Gasteiger partial charge in [0.2, 0.25) is 0 Å². The third kappa shape index (κ3) is 3.90. The lowest BCUT2D eigenvalue weighted by Crippen LogP contribution is -2.44. The molecule has 0 radical (unpaired) electrons. The number of amides is 1. The highest BCUT2D eigenvalue weighted by Crippen LogP contribution is 2.36. The van der Waals surface area contributed by atoms with E-state index < -0.39 is 0 Å². The zero-order valence-electron chi connectivity index (χ0n) is 14.9. The fraction of sp³-hybridized carbons (Fsp3) is 0.500. The van der Waals surface area contributed by atoms with Gasteiger partial charge in [0.15, 0.2) is 5.82 Å². The van der Waals surface area contributed by atoms with Crippen LogP contribution in [-0.4, -0.2) is 45.5 Å². The lowest BCUT2D eigenvalue weighted by Gasteiger charge is -2.35. The largest absolute Gasteiger partial charge is 0.388 e. The van der Waals surface area contributed by atoms with Gasteiger partial charge in [0, 0.05) is 36.2 Å². The SMILES string of the molecule is COCCn1c(CO)nnc1C1CC(NC(=O)c2ccc(Cl)cc2C)C1. The minimum atomic E-state index is -0.153. The van der Waals surface area contributed by atoms with E-state index in [0.29, 0.717) is 29.6 Å². The number of aromatic nitrogens is 3. The predicted molar refractivity (Wildman–Crippen MR) is 97.2 cm³/mol. The van der Waals surface area contributed by atoms with Gasteiger partial charge in [0.25, 0.3) is 5.91 Å². The number of aliphatic hydroxyl groups is 1. The van der Waals surface area contributed by atoms with Gasteiger partial charge in [-0.25, -0.2) is 0 Å². The van der Waals surface area contributed by atoms with E-state index in [4.69, 9.17) is 16.3 Å². The summed E-state index contributed by atoms with van der Waals surface area (Å²) in [4.78, 5) is 12.4. The summed E-state index contributed by atoms with van der Waals surface area (Å²) in [5.74, 6) is 1.52. The molecular formula is C18H23ClN4O3. The molecule has 1 fully saturated rings. The Morgan fingerprint density at radius 2 is 2.19 bits per heavy atom. The van der Waals surface area contributed by atoms with Crippen LogP contribution in [0, 0.1) is 6.92 Å². The molecule has 8 heteroatoms. The third-order valence-corrected chi connectivity index (χ3v) is 5.02. The Bertz CT molecular complexity index is 787. The van der Waals surface area contributed by atoms with E-state index in [2.05, 4.69) is 15.5 Å². The van der Waals surface area contributed by atoms with Gasteiger partial charge in [-0.2, -0.15) is 0 Å². The Morgan fingerprint density at radius 1 is 1.42 bits per heavy atom. The number of carbonyl (C=O) groups excluding carboxylic acids is 1. The van der Waals surface area contributed by atoms with Gasteiger partial charge in [0.05, 0.1) is 6.61 Å². The van der Waals surface area contributed by atoms with Crippen LogP contribution in [0.1, 0.15) is 46.3 Å². The van der Waals surface area contributed by atoms with Crippen LogP contribution in [-0.2, 0) is 17.9 Å². The minimum Gasteiger partial charge on any atom is -0.388 e. The Kier molecular flexibility index (Phi) is 5.90. The first-order valence-electron chi connectivity index (χ1n) is 8.62. The first-order valence-corrected chi connectivity index (χ1v) is 9.00. The number of nitrogens with one attached hydrogen (secondary N) is 1. The summed E-state index contributed by atoms with van der Waals surface area (Å²) in [5, 5.41) is 21.4. The van der Waals surface area contributed by atoms with Gasteiger partial charge in [0.1, 0.15) is 12.4 Å². The molecule has 1 aromatic carbocycles. The monoisotopic (exact) mass is 378 g/mol. The molecule has 7 nitrogen and oxygen atoms in total. The van der Waals surface area contributed by atoms with E-state index in [1.807, 2.05) is 11.5 Å². The lowest BCUT2D eigenvalue weighted by atomic mass is 9.79. The summed E-state index contributed by atoms with van der Waals surface area (Å²) in [5.41, 5.74) is 1.50. The summed E-state index contributed by atoms with van der Waals surface area (Å²) in [6.07, 6.45) is 1.60. The van der Waals surface area contributed by atoms with E-state index in [9.17, 15) is 9.90 Å². The Labute approximate surface area is 157 Å². The molecule has 1 saturated carbocycles. The number of rotatable bonds is 7. The van der Waals surface area contributed by atoms with Crippen LogP contribution in [0.2, 0.25) is 5.02 Å². The molecule has 0 bridgehead atoms. The maximum absolute atomic E-state index is 12.4. The van der Waals surface area contributed by atoms with Crippen molar-refractivity contribution in [1.82, 2.24) is 20.1 Å². The second-order valence-corrected chi connectivity index (χ2v) is 7.01. The molecule has 0 atom stereocenters. The van der Waals surface area contributed by atoms with Crippen molar-refractivity contribution in [2.24, 2.45) is 0 Å². The molecule has 0 aliphatic heterocycles. The van der Waals surface area contributed by atoms with Gasteiger partial charge in [-0.3, -0.25) is 4.79 Å². The summed E-state index contributed by atoms with van der Waals surface area (Å²) < 4.78 is 7.03. The standard InChI is InChI=1S/C18H23ClN4O3/c1-11-7-13(19)3-4-15(11)18(25)20-14-8-12(9-14)17-22-21-16(10-24)23(17)5-6-26-2/h3-4,7,12,14,24H,5-6,8-10H2,1-2H3,(H,20,25). The van der Waals surface area contributed by atoms with Crippen molar-refractivity contribution in [2.45, 2.75) is 44.9 Å². The highest BCUT2D eigenvalue weighted by Gasteiger charge is 2.35. The molecule has 1 aromatic heterocycles. The summed E-state index contributed by atoms with van der Waals surface area (Å²) in [6.45, 7) is 2.85. The molecule has 1 amide bonds. The number of halogens is 1. The predicted octanol–water partition coefficient (Wildman–Crippen LogP) is 2.05. The fourth-order valence-electron chi connectivity index (χ4n) is 3.29. The topological polar surface area (TPSA) is 89.3 Å². The first kappa shape index (κ1) is 18.8. The molecule has 0 unspecified atom stereocenters. The highest BCUT2D eigenvalue weighted by molar-refractivity contribution is 6.30. The van der Waals surface area contributed by atoms with Crippen molar-refractivity contribution in [3.63, 3.8) is 0 Å². The van der Waals surface area contributed by atoms with Crippen LogP contribution >= 0.6 is 11.6 Å². The summed E-state index contributed by atoms with van der Waals surface area (Å²) >= 11 is 5.94. The van der Waals surface area contributed by atoms with Crippen LogP contribution in [0.5, 0.6) is 0 Å². The van der Waals surface area contributed by atoms with Crippen LogP contribution in [0.3, 0.4) is 0 Å². The highest BCUT2D eigenvalue weighted by atomic mass is 35.5. The maximum Gasteiger partial charge on any atom is 0.251 e. The van der Waals surface area contributed by atoms with Crippen LogP contribution in [0.15, 0.2) is 18.2 Å². The number of ether oxygens (including phenoxy) is 1. The zero-order valence-corrected chi connectivity index (χ0v) is 15.7. The second kappa shape index (κ2) is 8.16. The van der Waals surface area contributed by atoms with Crippen molar-refractivity contribution in [1.29, 1.82) is 0 Å². The number of aliphatic hydroxyl groups excluding tert-OH is 1. The molecule has 140 valence electrons. The van der Waals surface area contributed by atoms with E-state index in [0.717, 1.165) is 24.2 Å². The van der Waals surface area contributed by atoms with Crippen molar-refractivity contribution < 1.29 is 14.6 Å². The van der Waals surface area contributed by atoms with Gasteiger partial charge in [-0.15, -0.1) is 10.2 Å². The zero-order chi connectivity index (χ0) is 18.7. The van der Waals surface area contributed by atoms with E-state index in [-0.39, 0.29) is 24.5 Å². The molecule has 2 N–H and O–H groups in total. The second-order valence-electron chi connectivity index (χ2n) is 6.57. The number of hydrogen-bond donors (Lipinski definition) is 2. The van der Waals surface area contributed by atoms with Crippen molar-refractivity contribution in [3.05, 3.63) is 46.0 Å². The molecule has 0 saturated heterocycles. The number of hydrogen-bond acceptors (Lipinski definition) is 5. The van der Waals surface area contributed by atoms with Crippen molar-refractivity contribution in [2.75, 3.05) is 13.7 Å². The van der Waals surface area contributed by atoms with E-state index in [1.54, 1.807) is 25.3 Å². The Balaban J connectivity index is 1.60. The van der Waals surface area contributed by atoms with Crippen molar-refractivity contribution in [3.8, 4) is 0 Å². The molecular weight excluding hydrogens is 356 g/mol. The molecule has 0 spiro atoms. The van der Waals surface area contributed by atoms with Gasteiger partial charge >= 0.3 is 0 Å². The fourth-order valence-corrected chi connectivity index (χ4v) is 3.51. The molecule has 3 rings (SSSR count). The summed E-state index contributed by atoms with van der Waals surface area (Å²) in [6, 6.07) is 5.36. The lowest BCUT2D eigenvalue weighted by molar-refractivity contribution is 0.0905. The minimum absolute atomic E-state index is 0.0838. The number of aryl methyl sites for hydroxylation is 1. The Morgan fingerprint density at radius 3 is 2.85 bits per heavy atom. The first-order chi connectivity index (χ1) is 12.5. The van der Waals surface area contributed by atoms with Gasteiger partial charge < -0.3 is 19.7 Å². The summed E-state index contributed by atoms with van der Waals surface area (Å²) in [7, 11) is 1.64. The van der Waals surface area contributed by atoms with Gasteiger partial charge in [-0.1, -0.05) is 11.6 Å². The van der Waals surface area contributed by atoms with Gasteiger partial charge in [-0.05, 0) is 43.5 Å². The molecule has 1 aliphatic rings. The van der Waals surface area contributed by atoms with Crippen LogP contribution in [0.25, 0.3) is 0 Å². The average Bonchev–Trinajstić information content (AvgIpc) is 2.97. The molecule has 1 heterocycles. The average molecular weight is 379 g/mol. The number of carbonyl (C=O) groups is 1. The van der Waals surface area contributed by atoms with Crippen LogP contribution in [0.4, 0.5) is 0 Å². The normalized spacial score (nSPS) is 19.2. The van der Waals surface area contributed by atoms with Crippen LogP contribution < -0.4 is 5.32 Å². The molecule has 26 heavy (non-hydrogen) atoms. The van der Waals surface area contributed by atoms with Crippen molar-refractivity contribution >= 4 is 17.5 Å². The Hall–Kier alpha value is -1.96. The van der Waals surface area contributed by atoms with E-state index in [1.165, 1.54) is 0 Å². The number of nitrogens with zero attached hydrogens (tertiary/aromatic N) is 3. The smallest absolute Gasteiger partial charge is 0.251 e. The van der Waals surface area contributed by atoms with E-state index >= 15 is 0 Å². The third-order valence-electron chi connectivity index (χ3n) is 4.79. The quantitative estimate of drug-likeness (QED) is 0.769. The number of benzene rings is 1. The molecule has 1 aliphatic carbocycles.